The maximum atomic E-state index is 9.16. The lowest BCUT2D eigenvalue weighted by atomic mass is 10.1. The fourth-order valence-corrected chi connectivity index (χ4v) is 1.46. The molecule has 8 N–H and O–H groups in total. The number of fused-ring (bicyclic) bond motifs is 1. The predicted molar refractivity (Wildman–Crippen MR) is 41.5 cm³/mol. The molecule has 0 aromatic rings. The van der Waals surface area contributed by atoms with Crippen LogP contribution in [0.2, 0.25) is 0 Å². The average Bonchev–Trinajstić information content (AvgIpc) is 2.41. The van der Waals surface area contributed by atoms with Crippen LogP contribution in [0.15, 0.2) is 0 Å². The van der Waals surface area contributed by atoms with Crippen molar-refractivity contribution in [2.24, 2.45) is 0 Å². The topological polar surface area (TPSA) is 129 Å². The molecule has 0 aromatic heterocycles. The van der Waals surface area contributed by atoms with E-state index in [2.05, 4.69) is 0 Å². The Balaban J connectivity index is 0.000000605. The summed E-state index contributed by atoms with van der Waals surface area (Å²) < 4.78 is 10.2. The molecular formula is C6H16N2O4. The minimum absolute atomic E-state index is 0. The van der Waals surface area contributed by atoms with Crippen molar-refractivity contribution in [3.05, 3.63) is 0 Å². The summed E-state index contributed by atoms with van der Waals surface area (Å²) in [7, 11) is 0. The molecule has 0 amide bonds. The molecule has 4 atom stereocenters. The van der Waals surface area contributed by atoms with Crippen molar-refractivity contribution in [2.45, 2.75) is 24.4 Å². The Morgan fingerprint density at radius 2 is 1.17 bits per heavy atom. The van der Waals surface area contributed by atoms with Crippen molar-refractivity contribution in [1.29, 1.82) is 0 Å². The van der Waals surface area contributed by atoms with Crippen LogP contribution in [0.25, 0.3) is 0 Å². The Kier molecular flexibility index (Phi) is 4.04. The van der Waals surface area contributed by atoms with Gasteiger partial charge in [-0.25, -0.2) is 0 Å². The molecule has 74 valence electrons. The summed E-state index contributed by atoms with van der Waals surface area (Å²) in [6.45, 7) is 0.568. The summed E-state index contributed by atoms with van der Waals surface area (Å²) in [4.78, 5) is 0. The molecule has 0 aliphatic carbocycles. The number of aliphatic hydroxyl groups excluding tert-OH is 2. The molecule has 0 spiro atoms. The van der Waals surface area contributed by atoms with Crippen LogP contribution in [0, 0.1) is 0 Å². The molecule has 2 aliphatic rings. The maximum absolute atomic E-state index is 9.16. The highest BCUT2D eigenvalue weighted by atomic mass is 16.6. The fourth-order valence-electron chi connectivity index (χ4n) is 1.46. The zero-order valence-corrected chi connectivity index (χ0v) is 6.85. The summed E-state index contributed by atoms with van der Waals surface area (Å²) in [5, 5.41) is 18.3. The van der Waals surface area contributed by atoms with Gasteiger partial charge in [-0.15, -0.1) is 0 Å². The monoisotopic (exact) mass is 180 g/mol. The molecule has 0 bridgehead atoms. The van der Waals surface area contributed by atoms with Gasteiger partial charge in [-0.3, -0.25) is 0 Å². The van der Waals surface area contributed by atoms with E-state index in [0.29, 0.717) is 0 Å². The van der Waals surface area contributed by atoms with E-state index in [0.717, 1.165) is 0 Å². The number of ether oxygens (including phenoxy) is 2. The molecule has 0 saturated carbocycles. The van der Waals surface area contributed by atoms with Gasteiger partial charge in [0.1, 0.15) is 24.4 Å². The van der Waals surface area contributed by atoms with E-state index >= 15 is 0 Å². The number of hydrogen-bond donors (Lipinski definition) is 4. The van der Waals surface area contributed by atoms with Gasteiger partial charge >= 0.3 is 0 Å². The fraction of sp³-hybridized carbons (Fsp3) is 1.00. The van der Waals surface area contributed by atoms with Gasteiger partial charge in [0.15, 0.2) is 0 Å². The number of hydrogen-bond acceptors (Lipinski definition) is 6. The lowest BCUT2D eigenvalue weighted by molar-refractivity contribution is 0.00205. The van der Waals surface area contributed by atoms with Crippen LogP contribution < -0.4 is 12.3 Å². The minimum atomic E-state index is -0.554. The second kappa shape index (κ2) is 4.13. The van der Waals surface area contributed by atoms with Gasteiger partial charge in [0.2, 0.25) is 0 Å². The van der Waals surface area contributed by atoms with Crippen molar-refractivity contribution in [3.8, 4) is 0 Å². The highest BCUT2D eigenvalue weighted by Crippen LogP contribution is 2.26. The molecule has 6 heteroatoms. The van der Waals surface area contributed by atoms with Gasteiger partial charge in [-0.05, 0) is 0 Å². The Labute approximate surface area is 70.6 Å². The maximum Gasteiger partial charge on any atom is 0.114 e. The van der Waals surface area contributed by atoms with Crippen LogP contribution >= 0.6 is 0 Å². The van der Waals surface area contributed by atoms with E-state index in [9.17, 15) is 0 Å². The van der Waals surface area contributed by atoms with Gasteiger partial charge < -0.3 is 32.0 Å². The average molecular weight is 180 g/mol. The van der Waals surface area contributed by atoms with Gasteiger partial charge in [-0.2, -0.15) is 0 Å². The summed E-state index contributed by atoms with van der Waals surface area (Å²) in [6, 6.07) is 0. The SMILES string of the molecule is N.N.O[C@@H]1CO[C@H]2[C@@H]1OC[C@H]2O. The van der Waals surface area contributed by atoms with E-state index in [-0.39, 0.29) is 37.7 Å². The molecule has 2 fully saturated rings. The van der Waals surface area contributed by atoms with Gasteiger partial charge in [0, 0.05) is 0 Å². The molecule has 2 rings (SSSR count). The quantitative estimate of drug-likeness (QED) is 0.371. The summed E-state index contributed by atoms with van der Waals surface area (Å²) in [6.07, 6.45) is -1.70. The number of aliphatic hydroxyl groups is 2. The number of rotatable bonds is 0. The molecule has 6 nitrogen and oxygen atoms in total. The normalized spacial score (nSPS) is 44.5. The van der Waals surface area contributed by atoms with Gasteiger partial charge in [0.25, 0.3) is 0 Å². The van der Waals surface area contributed by atoms with Crippen LogP contribution in [0.5, 0.6) is 0 Å². The zero-order chi connectivity index (χ0) is 7.14. The van der Waals surface area contributed by atoms with E-state index in [1.807, 2.05) is 0 Å². The van der Waals surface area contributed by atoms with Crippen LogP contribution in [0.3, 0.4) is 0 Å². The third kappa shape index (κ3) is 1.58. The van der Waals surface area contributed by atoms with E-state index < -0.39 is 12.2 Å². The Morgan fingerprint density at radius 3 is 1.50 bits per heavy atom. The van der Waals surface area contributed by atoms with Crippen LogP contribution in [0.1, 0.15) is 0 Å². The summed E-state index contributed by atoms with van der Waals surface area (Å²) >= 11 is 0. The lowest BCUT2D eigenvalue weighted by Crippen LogP contribution is -2.30. The first-order valence-electron chi connectivity index (χ1n) is 3.38. The first-order valence-corrected chi connectivity index (χ1v) is 3.38. The Morgan fingerprint density at radius 1 is 0.833 bits per heavy atom. The van der Waals surface area contributed by atoms with E-state index in [4.69, 9.17) is 19.7 Å². The van der Waals surface area contributed by atoms with Gasteiger partial charge in [-0.1, -0.05) is 0 Å². The van der Waals surface area contributed by atoms with Crippen molar-refractivity contribution >= 4 is 0 Å². The molecular weight excluding hydrogens is 164 g/mol. The second-order valence-electron chi connectivity index (χ2n) is 2.73. The molecule has 2 saturated heterocycles. The predicted octanol–water partition coefficient (Wildman–Crippen LogP) is -1.17. The zero-order valence-electron chi connectivity index (χ0n) is 6.85. The lowest BCUT2D eigenvalue weighted by Gasteiger charge is -2.09. The summed E-state index contributed by atoms with van der Waals surface area (Å²) in [5.74, 6) is 0. The van der Waals surface area contributed by atoms with Crippen molar-refractivity contribution in [2.75, 3.05) is 13.2 Å². The van der Waals surface area contributed by atoms with Crippen molar-refractivity contribution in [3.63, 3.8) is 0 Å². The summed E-state index contributed by atoms with van der Waals surface area (Å²) in [5.41, 5.74) is 0. The third-order valence-corrected chi connectivity index (χ3v) is 2.00. The van der Waals surface area contributed by atoms with Crippen molar-refractivity contribution < 1.29 is 19.7 Å². The van der Waals surface area contributed by atoms with Crippen molar-refractivity contribution in [1.82, 2.24) is 12.3 Å². The van der Waals surface area contributed by atoms with E-state index in [1.165, 1.54) is 0 Å². The van der Waals surface area contributed by atoms with Crippen LogP contribution in [0.4, 0.5) is 0 Å². The molecule has 2 aliphatic heterocycles. The largest absolute Gasteiger partial charge is 0.388 e. The molecule has 0 aromatic carbocycles. The Bertz CT molecular complexity index is 130. The molecule has 12 heavy (non-hydrogen) atoms. The molecule has 0 unspecified atom stereocenters. The van der Waals surface area contributed by atoms with Gasteiger partial charge in [0.05, 0.1) is 13.2 Å². The Hall–Kier alpha value is -0.240. The second-order valence-corrected chi connectivity index (χ2v) is 2.73. The smallest absolute Gasteiger partial charge is 0.114 e. The van der Waals surface area contributed by atoms with Crippen LogP contribution in [-0.2, 0) is 9.47 Å². The van der Waals surface area contributed by atoms with E-state index in [1.54, 1.807) is 0 Å². The molecule has 2 heterocycles. The highest BCUT2D eigenvalue weighted by molar-refractivity contribution is 4.93. The first-order chi connectivity index (χ1) is 4.79. The first kappa shape index (κ1) is 11.8. The third-order valence-electron chi connectivity index (χ3n) is 2.00. The minimum Gasteiger partial charge on any atom is -0.388 e. The molecule has 0 radical (unpaired) electrons. The highest BCUT2D eigenvalue weighted by Gasteiger charge is 2.46. The standard InChI is InChI=1S/C6H10O4.2H3N/c7-3-1-9-6-4(8)2-10-5(3)6;;/h3-8H,1-2H2;2*1H3/t3-,4-,5-,6-;;/m1../s1. The van der Waals surface area contributed by atoms with Crippen LogP contribution in [-0.4, -0.2) is 47.8 Å².